The lowest BCUT2D eigenvalue weighted by molar-refractivity contribution is 0.128. The molecule has 2 aliphatic rings. The number of hydrazine groups is 1. The lowest BCUT2D eigenvalue weighted by atomic mass is 10.2. The van der Waals surface area contributed by atoms with Gasteiger partial charge >= 0.3 is 0 Å². The Kier molecular flexibility index (Phi) is 5.27. The molecule has 0 aliphatic carbocycles. The van der Waals surface area contributed by atoms with Crippen LogP contribution in [0.3, 0.4) is 0 Å². The van der Waals surface area contributed by atoms with Crippen molar-refractivity contribution in [2.24, 2.45) is 0 Å². The van der Waals surface area contributed by atoms with Crippen LogP contribution in [0.25, 0.3) is 0 Å². The van der Waals surface area contributed by atoms with Gasteiger partial charge in [0.25, 0.3) is 0 Å². The highest BCUT2D eigenvalue weighted by atomic mass is 32.1. The number of piperazine rings is 1. The predicted octanol–water partition coefficient (Wildman–Crippen LogP) is 5.11. The Hall–Kier alpha value is -2.34. The molecule has 0 atom stereocenters. The molecule has 3 heterocycles. The third kappa shape index (κ3) is 3.78. The van der Waals surface area contributed by atoms with E-state index >= 15 is 0 Å². The van der Waals surface area contributed by atoms with Gasteiger partial charge in [-0.1, -0.05) is 49.4 Å². The van der Waals surface area contributed by atoms with E-state index in [0.717, 1.165) is 45.7 Å². The second-order valence-corrected chi connectivity index (χ2v) is 8.91. The van der Waals surface area contributed by atoms with Gasteiger partial charge in [0.1, 0.15) is 5.00 Å². The van der Waals surface area contributed by atoms with Crippen LogP contribution in [0.5, 0.6) is 0 Å². The average Bonchev–Trinajstić information content (AvgIpc) is 3.11. The number of hydrogen-bond donors (Lipinski definition) is 1. The molecule has 3 aromatic rings. The van der Waals surface area contributed by atoms with Crippen LogP contribution >= 0.6 is 11.3 Å². The average molecular weight is 405 g/mol. The largest absolute Gasteiger partial charge is 0.379 e. The Balaban J connectivity index is 1.40. The summed E-state index contributed by atoms with van der Waals surface area (Å²) in [5, 5.41) is 10.1. The van der Waals surface area contributed by atoms with Crippen molar-refractivity contribution < 1.29 is 0 Å². The highest BCUT2D eigenvalue weighted by Gasteiger charge is 2.30. The van der Waals surface area contributed by atoms with Crippen LogP contribution in [0.1, 0.15) is 22.9 Å². The monoisotopic (exact) mass is 404 g/mol. The lowest BCUT2D eigenvalue weighted by Crippen LogP contribution is -2.52. The lowest BCUT2D eigenvalue weighted by Gasteiger charge is -2.42. The maximum absolute atomic E-state index is 3.66. The van der Waals surface area contributed by atoms with E-state index in [1.807, 2.05) is 11.3 Å². The van der Waals surface area contributed by atoms with Gasteiger partial charge in [0.15, 0.2) is 0 Å². The van der Waals surface area contributed by atoms with E-state index in [1.54, 1.807) is 0 Å². The summed E-state index contributed by atoms with van der Waals surface area (Å²) >= 11 is 1.95. The maximum Gasteiger partial charge on any atom is 0.116 e. The summed E-state index contributed by atoms with van der Waals surface area (Å²) in [5.74, 6) is 0. The first-order valence-electron chi connectivity index (χ1n) is 10.6. The second kappa shape index (κ2) is 8.19. The minimum atomic E-state index is 0.896. The van der Waals surface area contributed by atoms with Crippen molar-refractivity contribution in [3.63, 3.8) is 0 Å². The molecule has 0 unspecified atom stereocenters. The Bertz CT molecular complexity index is 960. The zero-order valence-electron chi connectivity index (χ0n) is 17.0. The van der Waals surface area contributed by atoms with Crippen LogP contribution in [0.15, 0.2) is 60.7 Å². The van der Waals surface area contributed by atoms with Crippen LogP contribution in [0, 0.1) is 0 Å². The molecule has 0 saturated carbocycles. The summed E-state index contributed by atoms with van der Waals surface area (Å²) in [6.07, 6.45) is 1.10. The number of rotatable bonds is 4. The second-order valence-electron chi connectivity index (χ2n) is 7.79. The molecule has 2 aliphatic heterocycles. The molecule has 4 nitrogen and oxygen atoms in total. The first-order valence-corrected chi connectivity index (χ1v) is 11.4. The fourth-order valence-electron chi connectivity index (χ4n) is 4.28. The molecule has 0 bridgehead atoms. The van der Waals surface area contributed by atoms with Gasteiger partial charge < -0.3 is 5.32 Å². The number of nitrogens with one attached hydrogen (secondary N) is 1. The smallest absolute Gasteiger partial charge is 0.116 e. The Morgan fingerprint density at radius 3 is 2.48 bits per heavy atom. The third-order valence-electron chi connectivity index (χ3n) is 5.86. The van der Waals surface area contributed by atoms with Crippen LogP contribution in [0.4, 0.5) is 16.4 Å². The predicted molar refractivity (Wildman–Crippen MR) is 123 cm³/mol. The molecule has 0 amide bonds. The molecular weight excluding hydrogens is 376 g/mol. The summed E-state index contributed by atoms with van der Waals surface area (Å²) in [5.41, 5.74) is 5.31. The Labute approximate surface area is 177 Å². The fourth-order valence-corrected chi connectivity index (χ4v) is 5.44. The number of benzene rings is 2. The summed E-state index contributed by atoms with van der Waals surface area (Å²) < 4.78 is 0. The molecular formula is C24H28N4S. The zero-order chi connectivity index (χ0) is 19.6. The minimum absolute atomic E-state index is 0.896. The van der Waals surface area contributed by atoms with Gasteiger partial charge in [-0.15, -0.1) is 11.3 Å². The molecule has 150 valence electrons. The summed E-state index contributed by atoms with van der Waals surface area (Å²) in [6.45, 7) is 8.44. The highest BCUT2D eigenvalue weighted by Crippen LogP contribution is 2.43. The molecule has 1 saturated heterocycles. The van der Waals surface area contributed by atoms with Gasteiger partial charge in [-0.2, -0.15) is 0 Å². The van der Waals surface area contributed by atoms with Gasteiger partial charge in [0, 0.05) is 49.7 Å². The van der Waals surface area contributed by atoms with Gasteiger partial charge in [-0.3, -0.25) is 9.91 Å². The van der Waals surface area contributed by atoms with Crippen molar-refractivity contribution in [2.75, 3.05) is 36.5 Å². The van der Waals surface area contributed by atoms with E-state index in [-0.39, 0.29) is 0 Å². The number of anilines is 3. The molecule has 1 aromatic heterocycles. The van der Waals surface area contributed by atoms with Crippen molar-refractivity contribution in [3.8, 4) is 0 Å². The summed E-state index contributed by atoms with van der Waals surface area (Å²) in [7, 11) is 0. The number of para-hydroxylation sites is 2. The van der Waals surface area contributed by atoms with Crippen molar-refractivity contribution in [1.29, 1.82) is 0 Å². The SMILES string of the molecule is CCc1cc2c(s1)N(N1CCN(Cc3ccccc3)CC1)c1ccccc1NC2. The van der Waals surface area contributed by atoms with E-state index in [2.05, 4.69) is 87.8 Å². The van der Waals surface area contributed by atoms with Gasteiger partial charge in [0.05, 0.1) is 11.4 Å². The Morgan fingerprint density at radius 2 is 1.69 bits per heavy atom. The molecule has 0 spiro atoms. The third-order valence-corrected chi connectivity index (χ3v) is 7.16. The highest BCUT2D eigenvalue weighted by molar-refractivity contribution is 7.16. The number of aryl methyl sites for hydroxylation is 1. The molecule has 2 aromatic carbocycles. The summed E-state index contributed by atoms with van der Waals surface area (Å²) in [6, 6.07) is 21.9. The van der Waals surface area contributed by atoms with Crippen LogP contribution < -0.4 is 10.3 Å². The van der Waals surface area contributed by atoms with Crippen LogP contribution in [-0.4, -0.2) is 36.1 Å². The first-order chi connectivity index (χ1) is 14.3. The van der Waals surface area contributed by atoms with E-state index < -0.39 is 0 Å². The van der Waals surface area contributed by atoms with Gasteiger partial charge in [0.2, 0.25) is 0 Å². The number of nitrogens with zero attached hydrogens (tertiary/aromatic N) is 3. The van der Waals surface area contributed by atoms with Gasteiger partial charge in [-0.25, -0.2) is 5.01 Å². The molecule has 1 N–H and O–H groups in total. The number of hydrogen-bond acceptors (Lipinski definition) is 5. The van der Waals surface area contributed by atoms with Crippen molar-refractivity contribution >= 4 is 27.7 Å². The zero-order valence-corrected chi connectivity index (χ0v) is 17.8. The Morgan fingerprint density at radius 1 is 0.931 bits per heavy atom. The number of thiophene rings is 1. The fraction of sp³-hybridized carbons (Fsp3) is 0.333. The van der Waals surface area contributed by atoms with Crippen molar-refractivity contribution in [1.82, 2.24) is 9.91 Å². The van der Waals surface area contributed by atoms with E-state index in [1.165, 1.54) is 32.4 Å². The van der Waals surface area contributed by atoms with E-state index in [9.17, 15) is 0 Å². The van der Waals surface area contributed by atoms with Crippen LogP contribution in [-0.2, 0) is 19.5 Å². The molecule has 0 radical (unpaired) electrons. The normalized spacial score (nSPS) is 17.3. The van der Waals surface area contributed by atoms with Crippen molar-refractivity contribution in [3.05, 3.63) is 76.7 Å². The van der Waals surface area contributed by atoms with Gasteiger partial charge in [-0.05, 0) is 30.2 Å². The summed E-state index contributed by atoms with van der Waals surface area (Å²) in [4.78, 5) is 4.03. The van der Waals surface area contributed by atoms with Crippen molar-refractivity contribution in [2.45, 2.75) is 26.4 Å². The molecule has 29 heavy (non-hydrogen) atoms. The van der Waals surface area contributed by atoms with E-state index in [4.69, 9.17) is 0 Å². The standard InChI is InChI=1S/C24H28N4S/c1-2-21-16-20-17-25-22-10-6-7-11-23(22)28(24(20)29-21)27-14-12-26(13-15-27)18-19-8-4-3-5-9-19/h3-11,16,25H,2,12-15,17-18H2,1H3. The number of fused-ring (bicyclic) bond motifs is 2. The first kappa shape index (κ1) is 18.7. The van der Waals surface area contributed by atoms with E-state index in [0.29, 0.717) is 0 Å². The molecule has 1 fully saturated rings. The maximum atomic E-state index is 3.66. The van der Waals surface area contributed by atoms with Crippen LogP contribution in [0.2, 0.25) is 0 Å². The molecule has 5 rings (SSSR count). The minimum Gasteiger partial charge on any atom is -0.379 e. The molecule has 5 heteroatoms. The topological polar surface area (TPSA) is 21.8 Å². The quantitative estimate of drug-likeness (QED) is 0.652.